The molecule has 10 heteroatoms. The first kappa shape index (κ1) is 21.1. The monoisotopic (exact) mass is 432 g/mol. The Kier molecular flexibility index (Phi) is 6.08. The summed E-state index contributed by atoms with van der Waals surface area (Å²) in [6.45, 7) is 2.00. The number of aliphatic imine (C=N–C) groups is 1. The molecule has 1 aliphatic heterocycles. The topological polar surface area (TPSA) is 67.0 Å². The lowest BCUT2D eigenvalue weighted by Gasteiger charge is -2.35. The van der Waals surface area contributed by atoms with Crippen molar-refractivity contribution < 1.29 is 17.9 Å². The maximum Gasteiger partial charge on any atom is 0.416 e. The van der Waals surface area contributed by atoms with Gasteiger partial charge in [0.05, 0.1) is 18.7 Å². The van der Waals surface area contributed by atoms with Crippen LogP contribution < -0.4 is 5.32 Å². The second-order valence-electron chi connectivity index (χ2n) is 7.20. The summed E-state index contributed by atoms with van der Waals surface area (Å²) in [5.74, 6) is 1.51. The number of benzene rings is 1. The molecule has 2 aromatic heterocycles. The molecule has 1 atom stereocenters. The van der Waals surface area contributed by atoms with Gasteiger partial charge in [-0.2, -0.15) is 13.2 Å². The number of hydrogen-bond donors (Lipinski definition) is 1. The zero-order valence-corrected chi connectivity index (χ0v) is 17.0. The van der Waals surface area contributed by atoms with E-state index < -0.39 is 17.8 Å². The number of rotatable bonds is 4. The van der Waals surface area contributed by atoms with Gasteiger partial charge < -0.3 is 15.0 Å². The van der Waals surface area contributed by atoms with Gasteiger partial charge in [-0.3, -0.25) is 9.39 Å². The molecule has 1 fully saturated rings. The number of aromatic nitrogens is 3. The molecular weight excluding hydrogens is 409 g/mol. The molecule has 0 amide bonds. The van der Waals surface area contributed by atoms with Crippen LogP contribution >= 0.6 is 0 Å². The van der Waals surface area contributed by atoms with Crippen LogP contribution in [0.15, 0.2) is 53.7 Å². The summed E-state index contributed by atoms with van der Waals surface area (Å²) in [4.78, 5) is 6.33. The van der Waals surface area contributed by atoms with E-state index in [1.807, 2.05) is 33.7 Å². The Balaban J connectivity index is 1.39. The third kappa shape index (κ3) is 4.79. The van der Waals surface area contributed by atoms with E-state index in [1.54, 1.807) is 13.1 Å². The number of pyridine rings is 1. The van der Waals surface area contributed by atoms with Crippen molar-refractivity contribution in [2.24, 2.45) is 4.99 Å². The number of alkyl halides is 3. The Hall–Kier alpha value is -3.14. The Labute approximate surface area is 177 Å². The highest BCUT2D eigenvalue weighted by atomic mass is 19.4. The van der Waals surface area contributed by atoms with Gasteiger partial charge in [-0.25, -0.2) is 0 Å². The first-order chi connectivity index (χ1) is 15.0. The Morgan fingerprint density at radius 1 is 1.23 bits per heavy atom. The molecule has 164 valence electrons. The summed E-state index contributed by atoms with van der Waals surface area (Å²) >= 11 is 0. The Bertz CT molecular complexity index is 1060. The second kappa shape index (κ2) is 8.93. The van der Waals surface area contributed by atoms with E-state index in [2.05, 4.69) is 20.5 Å². The lowest BCUT2D eigenvalue weighted by molar-refractivity contribution is -0.137. The van der Waals surface area contributed by atoms with Crippen LogP contribution in [0.1, 0.15) is 23.1 Å². The predicted molar refractivity (Wildman–Crippen MR) is 110 cm³/mol. The highest BCUT2D eigenvalue weighted by molar-refractivity contribution is 5.80. The summed E-state index contributed by atoms with van der Waals surface area (Å²) < 4.78 is 46.9. The molecule has 1 N–H and O–H groups in total. The number of nitrogens with one attached hydrogen (secondary N) is 1. The molecule has 7 nitrogen and oxygen atoms in total. The second-order valence-corrected chi connectivity index (χ2v) is 7.20. The maximum atomic E-state index is 13.1. The van der Waals surface area contributed by atoms with Gasteiger partial charge in [0, 0.05) is 32.8 Å². The van der Waals surface area contributed by atoms with Gasteiger partial charge >= 0.3 is 6.18 Å². The molecule has 4 rings (SSSR count). The number of nitrogens with zero attached hydrogens (tertiary/aromatic N) is 5. The molecule has 0 bridgehead atoms. The van der Waals surface area contributed by atoms with Crippen molar-refractivity contribution in [2.75, 3.05) is 33.3 Å². The van der Waals surface area contributed by atoms with E-state index in [9.17, 15) is 13.2 Å². The highest BCUT2D eigenvalue weighted by Crippen LogP contribution is 2.32. The van der Waals surface area contributed by atoms with Gasteiger partial charge in [-0.1, -0.05) is 18.2 Å². The van der Waals surface area contributed by atoms with Crippen LogP contribution in [0, 0.1) is 0 Å². The van der Waals surface area contributed by atoms with Crippen molar-refractivity contribution in [3.63, 3.8) is 0 Å². The smallest absolute Gasteiger partial charge is 0.370 e. The quantitative estimate of drug-likeness (QED) is 0.507. The third-order valence-corrected chi connectivity index (χ3v) is 5.18. The van der Waals surface area contributed by atoms with Gasteiger partial charge in [-0.05, 0) is 29.8 Å². The molecule has 0 aliphatic carbocycles. The van der Waals surface area contributed by atoms with Gasteiger partial charge in [0.2, 0.25) is 0 Å². The summed E-state index contributed by atoms with van der Waals surface area (Å²) in [5.41, 5.74) is 0.623. The maximum absolute atomic E-state index is 13.1. The van der Waals surface area contributed by atoms with Crippen molar-refractivity contribution >= 4 is 11.6 Å². The van der Waals surface area contributed by atoms with Crippen molar-refractivity contribution in [3.8, 4) is 0 Å². The minimum absolute atomic E-state index is 0.399. The van der Waals surface area contributed by atoms with Crippen molar-refractivity contribution in [1.29, 1.82) is 0 Å². The van der Waals surface area contributed by atoms with Gasteiger partial charge in [0.15, 0.2) is 11.6 Å². The lowest BCUT2D eigenvalue weighted by Crippen LogP contribution is -2.48. The average Bonchev–Trinajstić information content (AvgIpc) is 3.19. The van der Waals surface area contributed by atoms with Crippen molar-refractivity contribution in [3.05, 3.63) is 65.6 Å². The van der Waals surface area contributed by atoms with Crippen LogP contribution in [0.4, 0.5) is 13.2 Å². The van der Waals surface area contributed by atoms with E-state index in [1.165, 1.54) is 6.07 Å². The first-order valence-corrected chi connectivity index (χ1v) is 9.98. The minimum atomic E-state index is -4.38. The molecule has 1 aromatic carbocycles. The van der Waals surface area contributed by atoms with E-state index in [-0.39, 0.29) is 0 Å². The molecule has 3 aromatic rings. The number of hydrogen-bond acceptors (Lipinski definition) is 4. The fourth-order valence-corrected chi connectivity index (χ4v) is 3.64. The largest absolute Gasteiger partial charge is 0.416 e. The number of halogens is 3. The first-order valence-electron chi connectivity index (χ1n) is 9.98. The van der Waals surface area contributed by atoms with Crippen LogP contribution in [0.3, 0.4) is 0 Å². The molecular formula is C21H23F3N6O. The zero-order valence-electron chi connectivity index (χ0n) is 17.0. The molecule has 3 heterocycles. The summed E-state index contributed by atoms with van der Waals surface area (Å²) in [7, 11) is 1.68. The molecule has 1 saturated heterocycles. The van der Waals surface area contributed by atoms with Crippen LogP contribution in [0.5, 0.6) is 0 Å². The van der Waals surface area contributed by atoms with Gasteiger partial charge in [-0.15, -0.1) is 10.2 Å². The fraction of sp³-hybridized carbons (Fsp3) is 0.381. The van der Waals surface area contributed by atoms with Crippen LogP contribution in [0.2, 0.25) is 0 Å². The standard InChI is InChI=1S/C21H23F3N6O/c1-25-20(26-9-8-19-28-27-18-7-2-3-10-30(18)19)29-11-12-31-17(14-29)15-5-4-6-16(13-15)21(22,23)24/h2-7,10,13,17H,8-9,11-12,14H2,1H3,(H,25,26). The van der Waals surface area contributed by atoms with Gasteiger partial charge in [0.25, 0.3) is 0 Å². The predicted octanol–water partition coefficient (Wildman–Crippen LogP) is 2.94. The normalized spacial score (nSPS) is 17.9. The highest BCUT2D eigenvalue weighted by Gasteiger charge is 2.32. The molecule has 0 spiro atoms. The van der Waals surface area contributed by atoms with E-state index in [0.717, 1.165) is 23.6 Å². The van der Waals surface area contributed by atoms with E-state index in [0.29, 0.717) is 44.2 Å². The average molecular weight is 432 g/mol. The molecule has 0 radical (unpaired) electrons. The van der Waals surface area contributed by atoms with E-state index >= 15 is 0 Å². The minimum Gasteiger partial charge on any atom is -0.370 e. The molecule has 0 saturated carbocycles. The summed E-state index contributed by atoms with van der Waals surface area (Å²) in [6, 6.07) is 11.0. The lowest BCUT2D eigenvalue weighted by atomic mass is 10.0. The molecule has 1 aliphatic rings. The van der Waals surface area contributed by atoms with Crippen molar-refractivity contribution in [1.82, 2.24) is 24.8 Å². The molecule has 1 unspecified atom stereocenters. The summed E-state index contributed by atoms with van der Waals surface area (Å²) in [5, 5.41) is 11.7. The van der Waals surface area contributed by atoms with Crippen LogP contribution in [-0.2, 0) is 17.3 Å². The van der Waals surface area contributed by atoms with Gasteiger partial charge in [0.1, 0.15) is 11.9 Å². The molecule has 31 heavy (non-hydrogen) atoms. The number of ether oxygens (including phenoxy) is 1. The SMILES string of the molecule is CN=C(NCCc1nnc2ccccn12)N1CCOC(c2cccc(C(F)(F)F)c2)C1. The third-order valence-electron chi connectivity index (χ3n) is 5.18. The number of guanidine groups is 1. The zero-order chi connectivity index (χ0) is 21.8. The van der Waals surface area contributed by atoms with Crippen LogP contribution in [0.25, 0.3) is 5.65 Å². The Morgan fingerprint density at radius 2 is 2.10 bits per heavy atom. The van der Waals surface area contributed by atoms with E-state index in [4.69, 9.17) is 4.74 Å². The fourth-order valence-electron chi connectivity index (χ4n) is 3.64. The van der Waals surface area contributed by atoms with Crippen LogP contribution in [-0.4, -0.2) is 58.7 Å². The number of morpholine rings is 1. The number of fused-ring (bicyclic) bond motifs is 1. The summed E-state index contributed by atoms with van der Waals surface area (Å²) in [6.07, 6.45) is -2.28. The van der Waals surface area contributed by atoms with Crippen molar-refractivity contribution in [2.45, 2.75) is 18.7 Å². The Morgan fingerprint density at radius 3 is 2.90 bits per heavy atom.